The lowest BCUT2D eigenvalue weighted by Crippen LogP contribution is -2.40. The number of pyridine rings is 1. The molecule has 1 aliphatic rings. The Bertz CT molecular complexity index is 723. The Morgan fingerprint density at radius 1 is 1.08 bits per heavy atom. The van der Waals surface area contributed by atoms with E-state index in [9.17, 15) is 9.59 Å². The van der Waals surface area contributed by atoms with Gasteiger partial charge in [0.05, 0.1) is 12.7 Å². The van der Waals surface area contributed by atoms with Crippen molar-refractivity contribution in [3.63, 3.8) is 0 Å². The summed E-state index contributed by atoms with van der Waals surface area (Å²) in [6.07, 6.45) is 5.51. The molecule has 0 radical (unpaired) electrons. The standard InChI is InChI=1S/C19H21N3O3/c1-25-18(23)16-2-4-17(5-3-16)21-19(24)22-12-8-15(9-13-22)14-6-10-20-11-7-14/h2-7,10-11,15H,8-9,12-13H2,1H3,(H,21,24). The first kappa shape index (κ1) is 17.0. The number of esters is 1. The summed E-state index contributed by atoms with van der Waals surface area (Å²) in [4.78, 5) is 29.7. The molecule has 1 fully saturated rings. The van der Waals surface area contributed by atoms with Crippen LogP contribution in [0.1, 0.15) is 34.7 Å². The first-order valence-corrected chi connectivity index (χ1v) is 8.31. The molecule has 1 aliphatic heterocycles. The zero-order valence-corrected chi connectivity index (χ0v) is 14.1. The van der Waals surface area contributed by atoms with E-state index < -0.39 is 5.97 Å². The molecule has 0 saturated carbocycles. The molecule has 0 spiro atoms. The lowest BCUT2D eigenvalue weighted by atomic mass is 9.90. The molecular formula is C19H21N3O3. The minimum absolute atomic E-state index is 0.112. The number of nitrogens with zero attached hydrogens (tertiary/aromatic N) is 2. The maximum absolute atomic E-state index is 12.4. The molecule has 0 aliphatic carbocycles. The molecule has 2 heterocycles. The number of piperidine rings is 1. The van der Waals surface area contributed by atoms with E-state index in [1.54, 1.807) is 24.3 Å². The van der Waals surface area contributed by atoms with E-state index in [4.69, 9.17) is 0 Å². The smallest absolute Gasteiger partial charge is 0.337 e. The number of amides is 2. The Balaban J connectivity index is 1.53. The van der Waals surface area contributed by atoms with Crippen LogP contribution in [0.5, 0.6) is 0 Å². The fraction of sp³-hybridized carbons (Fsp3) is 0.316. The number of carbonyl (C=O) groups excluding carboxylic acids is 2. The number of methoxy groups -OCH3 is 1. The minimum Gasteiger partial charge on any atom is -0.465 e. The fourth-order valence-electron chi connectivity index (χ4n) is 3.06. The molecular weight excluding hydrogens is 318 g/mol. The van der Waals surface area contributed by atoms with Gasteiger partial charge in [-0.25, -0.2) is 9.59 Å². The number of nitrogens with one attached hydrogen (secondary N) is 1. The molecule has 0 bridgehead atoms. The Morgan fingerprint density at radius 2 is 1.72 bits per heavy atom. The van der Waals surface area contributed by atoms with Crippen LogP contribution in [-0.4, -0.2) is 42.1 Å². The molecule has 3 rings (SSSR count). The summed E-state index contributed by atoms with van der Waals surface area (Å²) >= 11 is 0. The number of anilines is 1. The van der Waals surface area contributed by atoms with Gasteiger partial charge in [0.1, 0.15) is 0 Å². The quantitative estimate of drug-likeness (QED) is 0.871. The predicted molar refractivity (Wildman–Crippen MR) is 94.6 cm³/mol. The summed E-state index contributed by atoms with van der Waals surface area (Å²) in [5.41, 5.74) is 2.40. The molecule has 25 heavy (non-hydrogen) atoms. The molecule has 1 aromatic heterocycles. The van der Waals surface area contributed by atoms with Gasteiger partial charge in [0.2, 0.25) is 0 Å². The summed E-state index contributed by atoms with van der Waals surface area (Å²) in [6.45, 7) is 1.44. The van der Waals surface area contributed by atoms with Gasteiger partial charge in [-0.2, -0.15) is 0 Å². The van der Waals surface area contributed by atoms with E-state index in [0.29, 0.717) is 17.2 Å². The summed E-state index contributed by atoms with van der Waals surface area (Å²) in [5, 5.41) is 2.88. The second kappa shape index (κ2) is 7.79. The molecule has 0 atom stereocenters. The van der Waals surface area contributed by atoms with Crippen molar-refractivity contribution in [1.82, 2.24) is 9.88 Å². The topological polar surface area (TPSA) is 71.5 Å². The van der Waals surface area contributed by atoms with Gasteiger partial charge < -0.3 is 15.0 Å². The Labute approximate surface area is 146 Å². The van der Waals surface area contributed by atoms with Crippen LogP contribution >= 0.6 is 0 Å². The first-order chi connectivity index (χ1) is 12.2. The number of ether oxygens (including phenoxy) is 1. The Hall–Kier alpha value is -2.89. The minimum atomic E-state index is -0.393. The van der Waals surface area contributed by atoms with E-state index >= 15 is 0 Å². The van der Waals surface area contributed by atoms with E-state index in [1.165, 1.54) is 12.7 Å². The number of carbonyl (C=O) groups is 2. The van der Waals surface area contributed by atoms with Crippen LogP contribution in [0.4, 0.5) is 10.5 Å². The van der Waals surface area contributed by atoms with Gasteiger partial charge in [0.15, 0.2) is 0 Å². The highest BCUT2D eigenvalue weighted by molar-refractivity contribution is 5.92. The van der Waals surface area contributed by atoms with Gasteiger partial charge in [-0.15, -0.1) is 0 Å². The van der Waals surface area contributed by atoms with Crippen LogP contribution in [0.15, 0.2) is 48.8 Å². The summed E-state index contributed by atoms with van der Waals surface area (Å²) in [6, 6.07) is 10.7. The highest BCUT2D eigenvalue weighted by atomic mass is 16.5. The van der Waals surface area contributed by atoms with Gasteiger partial charge in [-0.1, -0.05) is 0 Å². The van der Waals surface area contributed by atoms with E-state index in [0.717, 1.165) is 25.9 Å². The third-order valence-corrected chi connectivity index (χ3v) is 4.52. The lowest BCUT2D eigenvalue weighted by molar-refractivity contribution is 0.0600. The zero-order chi connectivity index (χ0) is 17.6. The van der Waals surface area contributed by atoms with E-state index in [1.807, 2.05) is 29.4 Å². The Kier molecular flexibility index (Phi) is 5.28. The number of urea groups is 1. The van der Waals surface area contributed by atoms with Crippen LogP contribution in [0.25, 0.3) is 0 Å². The molecule has 1 aromatic carbocycles. The number of benzene rings is 1. The number of hydrogen-bond acceptors (Lipinski definition) is 4. The third-order valence-electron chi connectivity index (χ3n) is 4.52. The van der Waals surface area contributed by atoms with Crippen molar-refractivity contribution in [2.24, 2.45) is 0 Å². The van der Waals surface area contributed by atoms with Gasteiger partial charge in [0.25, 0.3) is 0 Å². The molecule has 2 amide bonds. The SMILES string of the molecule is COC(=O)c1ccc(NC(=O)N2CCC(c3ccncc3)CC2)cc1. The van der Waals surface area contributed by atoms with E-state index in [-0.39, 0.29) is 6.03 Å². The summed E-state index contributed by atoms with van der Waals surface area (Å²) in [5.74, 6) is 0.0856. The zero-order valence-electron chi connectivity index (χ0n) is 14.1. The average molecular weight is 339 g/mol. The van der Waals surface area contributed by atoms with Gasteiger partial charge in [-0.05, 0) is 60.7 Å². The number of likely N-dealkylation sites (tertiary alicyclic amines) is 1. The number of hydrogen-bond donors (Lipinski definition) is 1. The lowest BCUT2D eigenvalue weighted by Gasteiger charge is -2.32. The van der Waals surface area contributed by atoms with Crippen molar-refractivity contribution in [3.8, 4) is 0 Å². The molecule has 130 valence electrons. The van der Waals surface area contributed by atoms with Crippen LogP contribution in [0.3, 0.4) is 0 Å². The molecule has 1 saturated heterocycles. The highest BCUT2D eigenvalue weighted by Crippen LogP contribution is 2.27. The summed E-state index contributed by atoms with van der Waals surface area (Å²) < 4.78 is 4.66. The van der Waals surface area contributed by atoms with Crippen LogP contribution in [-0.2, 0) is 4.74 Å². The number of rotatable bonds is 3. The maximum atomic E-state index is 12.4. The van der Waals surface area contributed by atoms with Gasteiger partial charge in [0, 0.05) is 31.2 Å². The summed E-state index contributed by atoms with van der Waals surface area (Å²) in [7, 11) is 1.34. The monoisotopic (exact) mass is 339 g/mol. The van der Waals surface area contributed by atoms with Gasteiger partial charge in [-0.3, -0.25) is 4.98 Å². The van der Waals surface area contributed by atoms with Crippen molar-refractivity contribution in [3.05, 3.63) is 59.9 Å². The first-order valence-electron chi connectivity index (χ1n) is 8.31. The largest absolute Gasteiger partial charge is 0.465 e. The predicted octanol–water partition coefficient (Wildman–Crippen LogP) is 3.28. The second-order valence-corrected chi connectivity index (χ2v) is 6.04. The van der Waals surface area contributed by atoms with Crippen molar-refractivity contribution in [2.75, 3.05) is 25.5 Å². The Morgan fingerprint density at radius 3 is 2.32 bits per heavy atom. The second-order valence-electron chi connectivity index (χ2n) is 6.04. The van der Waals surface area contributed by atoms with Crippen LogP contribution in [0.2, 0.25) is 0 Å². The van der Waals surface area contributed by atoms with Gasteiger partial charge >= 0.3 is 12.0 Å². The van der Waals surface area contributed by atoms with Crippen LogP contribution in [0, 0.1) is 0 Å². The van der Waals surface area contributed by atoms with Crippen molar-refractivity contribution < 1.29 is 14.3 Å². The number of aromatic nitrogens is 1. The average Bonchev–Trinajstić information content (AvgIpc) is 2.68. The van der Waals surface area contributed by atoms with Crippen LogP contribution < -0.4 is 5.32 Å². The molecule has 2 aromatic rings. The van der Waals surface area contributed by atoms with E-state index in [2.05, 4.69) is 15.0 Å². The third kappa shape index (κ3) is 4.15. The molecule has 0 unspecified atom stereocenters. The van der Waals surface area contributed by atoms with Crippen molar-refractivity contribution in [1.29, 1.82) is 0 Å². The van der Waals surface area contributed by atoms with Crippen molar-refractivity contribution in [2.45, 2.75) is 18.8 Å². The maximum Gasteiger partial charge on any atom is 0.337 e. The molecule has 6 heteroatoms. The van der Waals surface area contributed by atoms with Crippen molar-refractivity contribution >= 4 is 17.7 Å². The fourth-order valence-corrected chi connectivity index (χ4v) is 3.06. The molecule has 6 nitrogen and oxygen atoms in total. The highest BCUT2D eigenvalue weighted by Gasteiger charge is 2.23. The normalized spacial score (nSPS) is 14.8. The molecule has 1 N–H and O–H groups in total.